The minimum absolute atomic E-state index is 0.0202. The van der Waals surface area contributed by atoms with Gasteiger partial charge in [-0.2, -0.15) is 0 Å². The second-order valence-corrected chi connectivity index (χ2v) is 8.26. The third kappa shape index (κ3) is 3.41. The largest absolute Gasteiger partial charge is 0.469 e. The van der Waals surface area contributed by atoms with Gasteiger partial charge in [-0.25, -0.2) is 9.55 Å². The molecule has 4 atom stereocenters. The first-order chi connectivity index (χ1) is 12.5. The molecular weight excluding hydrogens is 381 g/mol. The lowest BCUT2D eigenvalue weighted by atomic mass is 10.0. The number of hydrogen-bond acceptors (Lipinski definition) is 8. The Morgan fingerprint density at radius 2 is 2.07 bits per heavy atom. The molecule has 2 saturated heterocycles. The average Bonchev–Trinajstić information content (AvgIpc) is 3.15. The molecule has 0 bridgehead atoms. The summed E-state index contributed by atoms with van der Waals surface area (Å²) >= 11 is 0. The number of phosphoric ester groups is 1. The van der Waals surface area contributed by atoms with E-state index in [1.807, 2.05) is 0 Å². The number of H-pyrrole nitrogens is 2. The van der Waals surface area contributed by atoms with Crippen LogP contribution in [0.1, 0.15) is 25.5 Å². The maximum atomic E-state index is 12.0. The van der Waals surface area contributed by atoms with Gasteiger partial charge < -0.3 is 35.3 Å². The van der Waals surface area contributed by atoms with Crippen molar-refractivity contribution in [3.05, 3.63) is 22.1 Å². The SMILES string of the molecule is CC1(C)O[C@@H]2[C@H](O1)[C@@H](COP(=O)(O)O)N[C@H]2c1c[nH]c2c(=O)[nH]c(N)nc12. The number of nitrogen functional groups attached to an aromatic ring is 1. The van der Waals surface area contributed by atoms with E-state index in [0.29, 0.717) is 11.1 Å². The van der Waals surface area contributed by atoms with Crippen LogP contribution in [0.2, 0.25) is 0 Å². The Kier molecular flexibility index (Phi) is 4.20. The van der Waals surface area contributed by atoms with Crippen molar-refractivity contribution in [1.82, 2.24) is 20.3 Å². The van der Waals surface area contributed by atoms with Gasteiger partial charge in [-0.15, -0.1) is 0 Å². The van der Waals surface area contributed by atoms with E-state index >= 15 is 0 Å². The van der Waals surface area contributed by atoms with Crippen molar-refractivity contribution in [2.45, 2.75) is 43.9 Å². The predicted octanol–water partition coefficient (Wildman–Crippen LogP) is -0.524. The van der Waals surface area contributed by atoms with Gasteiger partial charge in [0.15, 0.2) is 5.79 Å². The van der Waals surface area contributed by atoms with Crippen LogP contribution in [0.25, 0.3) is 11.0 Å². The molecule has 7 N–H and O–H groups in total. The lowest BCUT2D eigenvalue weighted by Crippen LogP contribution is -2.39. The second kappa shape index (κ2) is 6.11. The molecule has 13 heteroatoms. The molecule has 0 saturated carbocycles. The molecule has 4 rings (SSSR count). The first-order valence-electron chi connectivity index (χ1n) is 8.23. The number of anilines is 1. The smallest absolute Gasteiger partial charge is 0.369 e. The van der Waals surface area contributed by atoms with E-state index in [1.54, 1.807) is 20.0 Å². The standard InChI is InChI=1S/C14H20N5O7P/c1-14(2)25-10-6(4-24-27(21,22)23)17-8(11(10)26-14)5-3-16-9-7(5)18-13(15)19-12(9)20/h3,6,8,10-11,16-17H,4H2,1-2H3,(H2,21,22,23)(H3,15,18,19,20)/t6-,8+,10-,11+/m1/s1. The van der Waals surface area contributed by atoms with Crippen LogP contribution in [0.3, 0.4) is 0 Å². The third-order valence-corrected chi connectivity index (χ3v) is 5.11. The number of phosphoric acid groups is 1. The molecule has 148 valence electrons. The van der Waals surface area contributed by atoms with Gasteiger partial charge >= 0.3 is 7.82 Å². The quantitative estimate of drug-likeness (QED) is 0.364. The Morgan fingerprint density at radius 3 is 2.78 bits per heavy atom. The Morgan fingerprint density at radius 1 is 1.37 bits per heavy atom. The molecule has 4 heterocycles. The summed E-state index contributed by atoms with van der Waals surface area (Å²) in [7, 11) is -4.64. The molecule has 0 spiro atoms. The highest BCUT2D eigenvalue weighted by atomic mass is 31.2. The van der Waals surface area contributed by atoms with Crippen molar-refractivity contribution in [3.8, 4) is 0 Å². The predicted molar refractivity (Wildman–Crippen MR) is 92.6 cm³/mol. The van der Waals surface area contributed by atoms with Crippen molar-refractivity contribution in [2.24, 2.45) is 0 Å². The van der Waals surface area contributed by atoms with Gasteiger partial charge in [-0.1, -0.05) is 0 Å². The number of rotatable bonds is 4. The molecule has 0 aliphatic carbocycles. The summed E-state index contributed by atoms with van der Waals surface area (Å²) in [5, 5.41) is 3.21. The van der Waals surface area contributed by atoms with Gasteiger partial charge in [0.2, 0.25) is 5.95 Å². The van der Waals surface area contributed by atoms with Crippen molar-refractivity contribution in [1.29, 1.82) is 0 Å². The van der Waals surface area contributed by atoms with E-state index in [2.05, 4.69) is 24.8 Å². The molecule has 12 nitrogen and oxygen atoms in total. The van der Waals surface area contributed by atoms with Gasteiger partial charge in [0, 0.05) is 11.8 Å². The van der Waals surface area contributed by atoms with E-state index in [-0.39, 0.29) is 18.1 Å². The van der Waals surface area contributed by atoms with Crippen LogP contribution in [-0.2, 0) is 18.6 Å². The fraction of sp³-hybridized carbons (Fsp3) is 0.571. The zero-order valence-corrected chi connectivity index (χ0v) is 15.4. The lowest BCUT2D eigenvalue weighted by Gasteiger charge is -2.24. The Bertz CT molecular complexity index is 982. The fourth-order valence-electron chi connectivity index (χ4n) is 3.68. The number of nitrogens with zero attached hydrogens (tertiary/aromatic N) is 1. The molecule has 2 aromatic rings. The highest BCUT2D eigenvalue weighted by Crippen LogP contribution is 2.44. The Hall–Kier alpha value is -1.79. The van der Waals surface area contributed by atoms with Crippen LogP contribution in [0.5, 0.6) is 0 Å². The highest BCUT2D eigenvalue weighted by molar-refractivity contribution is 7.46. The second-order valence-electron chi connectivity index (χ2n) is 7.02. The minimum Gasteiger partial charge on any atom is -0.369 e. The number of nitrogens with two attached hydrogens (primary N) is 1. The van der Waals surface area contributed by atoms with E-state index in [4.69, 9.17) is 25.0 Å². The summed E-state index contributed by atoms with van der Waals surface area (Å²) in [5.74, 6) is -0.903. The van der Waals surface area contributed by atoms with Crippen LogP contribution in [-0.4, -0.2) is 55.4 Å². The molecule has 0 unspecified atom stereocenters. The maximum Gasteiger partial charge on any atom is 0.469 e. The van der Waals surface area contributed by atoms with Gasteiger partial charge in [0.1, 0.15) is 23.2 Å². The van der Waals surface area contributed by atoms with Crippen LogP contribution < -0.4 is 16.6 Å². The topological polar surface area (TPSA) is 185 Å². The summed E-state index contributed by atoms with van der Waals surface area (Å²) in [6.07, 6.45) is 0.634. The maximum absolute atomic E-state index is 12.0. The number of fused-ring (bicyclic) bond motifs is 2. The zero-order chi connectivity index (χ0) is 19.6. The molecular formula is C14H20N5O7P. The summed E-state index contributed by atoms with van der Waals surface area (Å²) < 4.78 is 27.6. The summed E-state index contributed by atoms with van der Waals surface area (Å²) in [6.45, 7) is 3.22. The van der Waals surface area contributed by atoms with Crippen molar-refractivity contribution >= 4 is 24.8 Å². The molecule has 27 heavy (non-hydrogen) atoms. The van der Waals surface area contributed by atoms with Gasteiger partial charge in [0.25, 0.3) is 5.56 Å². The van der Waals surface area contributed by atoms with Gasteiger partial charge in [-0.3, -0.25) is 14.3 Å². The van der Waals surface area contributed by atoms with Crippen molar-refractivity contribution < 1.29 is 28.3 Å². The average molecular weight is 401 g/mol. The Labute approximate surface area is 152 Å². The summed E-state index contributed by atoms with van der Waals surface area (Å²) in [6, 6.07) is -0.997. The van der Waals surface area contributed by atoms with E-state index in [9.17, 15) is 9.36 Å². The van der Waals surface area contributed by atoms with Crippen molar-refractivity contribution in [3.63, 3.8) is 0 Å². The number of aromatic amines is 2. The molecule has 2 aromatic heterocycles. The first-order valence-corrected chi connectivity index (χ1v) is 9.76. The molecule has 2 aliphatic rings. The van der Waals surface area contributed by atoms with Gasteiger partial charge in [0.05, 0.1) is 18.7 Å². The van der Waals surface area contributed by atoms with Crippen LogP contribution in [0.4, 0.5) is 5.95 Å². The zero-order valence-electron chi connectivity index (χ0n) is 14.5. The Balaban J connectivity index is 1.70. The third-order valence-electron chi connectivity index (χ3n) is 4.62. The van der Waals surface area contributed by atoms with Crippen LogP contribution >= 0.6 is 7.82 Å². The lowest BCUT2D eigenvalue weighted by molar-refractivity contribution is -0.157. The van der Waals surface area contributed by atoms with Crippen LogP contribution in [0.15, 0.2) is 11.0 Å². The number of ether oxygens (including phenoxy) is 2. The molecule has 0 aromatic carbocycles. The summed E-state index contributed by atoms with van der Waals surface area (Å²) in [4.78, 5) is 39.5. The fourth-order valence-corrected chi connectivity index (χ4v) is 4.04. The molecule has 2 aliphatic heterocycles. The van der Waals surface area contributed by atoms with Crippen LogP contribution in [0, 0.1) is 0 Å². The molecule has 0 radical (unpaired) electrons. The summed E-state index contributed by atoms with van der Waals surface area (Å²) in [5.41, 5.74) is 6.55. The van der Waals surface area contributed by atoms with Gasteiger partial charge in [-0.05, 0) is 13.8 Å². The van der Waals surface area contributed by atoms with Crippen molar-refractivity contribution in [2.75, 3.05) is 12.3 Å². The number of hydrogen-bond donors (Lipinski definition) is 6. The number of nitrogens with one attached hydrogen (secondary N) is 3. The monoisotopic (exact) mass is 401 g/mol. The van der Waals surface area contributed by atoms with E-state index < -0.39 is 43.5 Å². The highest BCUT2D eigenvalue weighted by Gasteiger charge is 2.55. The molecule has 0 amide bonds. The number of aromatic nitrogens is 3. The van der Waals surface area contributed by atoms with E-state index in [1.165, 1.54) is 0 Å². The normalized spacial score (nSPS) is 30.1. The van der Waals surface area contributed by atoms with E-state index in [0.717, 1.165) is 0 Å². The first kappa shape index (κ1) is 18.6. The molecule has 2 fully saturated rings. The minimum atomic E-state index is -4.64.